The van der Waals surface area contributed by atoms with Crippen LogP contribution >= 0.6 is 0 Å². The second kappa shape index (κ2) is 6.82. The number of methoxy groups -OCH3 is 1. The van der Waals surface area contributed by atoms with Crippen molar-refractivity contribution in [3.8, 4) is 5.75 Å². The Labute approximate surface area is 112 Å². The molecule has 3 nitrogen and oxygen atoms in total. The Hall–Kier alpha value is -1.20. The predicted octanol–water partition coefficient (Wildman–Crippen LogP) is 3.49. The molecule has 0 amide bonds. The van der Waals surface area contributed by atoms with Crippen molar-refractivity contribution >= 4 is 0 Å². The molecule has 5 heteroatoms. The van der Waals surface area contributed by atoms with E-state index in [0.717, 1.165) is 6.42 Å². The molecule has 0 aliphatic heterocycles. The van der Waals surface area contributed by atoms with Crippen molar-refractivity contribution < 1.29 is 18.3 Å². The van der Waals surface area contributed by atoms with Gasteiger partial charge in [0.15, 0.2) is 0 Å². The molecule has 0 saturated carbocycles. The van der Waals surface area contributed by atoms with E-state index in [-0.39, 0.29) is 17.4 Å². The van der Waals surface area contributed by atoms with Crippen LogP contribution in [0.5, 0.6) is 5.75 Å². The normalized spacial score (nSPS) is 13.6. The zero-order valence-electron chi connectivity index (χ0n) is 11.5. The fourth-order valence-corrected chi connectivity index (χ4v) is 1.75. The number of nitrogens with two attached hydrogens (primary N) is 1. The van der Waals surface area contributed by atoms with E-state index in [9.17, 15) is 8.78 Å². The molecule has 1 aromatic rings. The molecular weight excluding hydrogens is 252 g/mol. The maximum absolute atomic E-state index is 12.3. The molecule has 0 fully saturated rings. The second-order valence-electron chi connectivity index (χ2n) is 5.03. The number of rotatable bonds is 7. The third-order valence-electron chi connectivity index (χ3n) is 3.14. The van der Waals surface area contributed by atoms with E-state index in [1.807, 2.05) is 13.8 Å². The first kappa shape index (κ1) is 15.9. The molecular formula is C14H21F2NO2. The van der Waals surface area contributed by atoms with Gasteiger partial charge in [-0.05, 0) is 32.8 Å². The summed E-state index contributed by atoms with van der Waals surface area (Å²) in [4.78, 5) is 0. The van der Waals surface area contributed by atoms with Crippen LogP contribution in [0, 0.1) is 0 Å². The van der Waals surface area contributed by atoms with Gasteiger partial charge in [-0.25, -0.2) is 0 Å². The average molecular weight is 273 g/mol. The quantitative estimate of drug-likeness (QED) is 0.827. The smallest absolute Gasteiger partial charge is 0.387 e. The van der Waals surface area contributed by atoms with E-state index < -0.39 is 6.61 Å². The Morgan fingerprint density at radius 2 is 1.89 bits per heavy atom. The van der Waals surface area contributed by atoms with E-state index in [2.05, 4.69) is 4.74 Å². The molecule has 1 rings (SSSR count). The first-order valence-electron chi connectivity index (χ1n) is 6.20. The van der Waals surface area contributed by atoms with Gasteiger partial charge in [-0.1, -0.05) is 18.2 Å². The molecule has 0 bridgehead atoms. The predicted molar refractivity (Wildman–Crippen MR) is 70.3 cm³/mol. The molecule has 0 saturated heterocycles. The van der Waals surface area contributed by atoms with Crippen LogP contribution < -0.4 is 10.5 Å². The highest BCUT2D eigenvalue weighted by Gasteiger charge is 2.20. The number of ether oxygens (including phenoxy) is 2. The first-order chi connectivity index (χ1) is 8.85. The largest absolute Gasteiger partial charge is 0.434 e. The van der Waals surface area contributed by atoms with Crippen LogP contribution in [-0.4, -0.2) is 19.3 Å². The third-order valence-corrected chi connectivity index (χ3v) is 3.14. The molecule has 19 heavy (non-hydrogen) atoms. The number of halogens is 2. The molecule has 1 aromatic carbocycles. The Morgan fingerprint density at radius 1 is 1.26 bits per heavy atom. The standard InChI is InChI=1S/C14H21F2NO2/c1-14(2,18-3)9-8-11(17)10-6-4-5-7-12(10)19-13(15)16/h4-7,11,13H,8-9,17H2,1-3H3. The van der Waals surface area contributed by atoms with E-state index in [1.54, 1.807) is 25.3 Å². The van der Waals surface area contributed by atoms with Crippen molar-refractivity contribution in [3.63, 3.8) is 0 Å². The molecule has 0 aliphatic carbocycles. The van der Waals surface area contributed by atoms with Crippen LogP contribution in [0.3, 0.4) is 0 Å². The van der Waals surface area contributed by atoms with E-state index in [4.69, 9.17) is 10.5 Å². The van der Waals surface area contributed by atoms with Crippen molar-refractivity contribution in [1.29, 1.82) is 0 Å². The van der Waals surface area contributed by atoms with Crippen LogP contribution in [-0.2, 0) is 4.74 Å². The summed E-state index contributed by atoms with van der Waals surface area (Å²) in [7, 11) is 1.64. The zero-order chi connectivity index (χ0) is 14.5. The van der Waals surface area contributed by atoms with E-state index in [1.165, 1.54) is 6.07 Å². The van der Waals surface area contributed by atoms with Crippen LogP contribution in [0.2, 0.25) is 0 Å². The number of para-hydroxylation sites is 1. The zero-order valence-corrected chi connectivity index (χ0v) is 11.5. The van der Waals surface area contributed by atoms with Gasteiger partial charge in [0.2, 0.25) is 0 Å². The highest BCUT2D eigenvalue weighted by molar-refractivity contribution is 5.35. The minimum Gasteiger partial charge on any atom is -0.434 e. The lowest BCUT2D eigenvalue weighted by Crippen LogP contribution is -2.25. The lowest BCUT2D eigenvalue weighted by atomic mass is 9.95. The number of hydrogen-bond acceptors (Lipinski definition) is 3. The van der Waals surface area contributed by atoms with Crippen molar-refractivity contribution in [2.24, 2.45) is 5.73 Å². The molecule has 0 aromatic heterocycles. The van der Waals surface area contributed by atoms with Gasteiger partial charge >= 0.3 is 6.61 Å². The topological polar surface area (TPSA) is 44.5 Å². The summed E-state index contributed by atoms with van der Waals surface area (Å²) in [6.07, 6.45) is 1.36. The SMILES string of the molecule is COC(C)(C)CCC(N)c1ccccc1OC(F)F. The first-order valence-corrected chi connectivity index (χ1v) is 6.20. The fraction of sp³-hybridized carbons (Fsp3) is 0.571. The van der Waals surface area contributed by atoms with E-state index in [0.29, 0.717) is 12.0 Å². The van der Waals surface area contributed by atoms with E-state index >= 15 is 0 Å². The summed E-state index contributed by atoms with van der Waals surface area (Å²) in [5.41, 5.74) is 6.36. The monoisotopic (exact) mass is 273 g/mol. The molecule has 0 radical (unpaired) electrons. The molecule has 0 spiro atoms. The Bertz CT molecular complexity index is 397. The fourth-order valence-electron chi connectivity index (χ4n) is 1.75. The summed E-state index contributed by atoms with van der Waals surface area (Å²) in [6.45, 7) is 1.08. The Morgan fingerprint density at radius 3 is 2.47 bits per heavy atom. The van der Waals surface area contributed by atoms with Gasteiger partial charge in [0.25, 0.3) is 0 Å². The minimum absolute atomic E-state index is 0.139. The Balaban J connectivity index is 2.73. The van der Waals surface area contributed by atoms with Crippen LogP contribution in [0.1, 0.15) is 38.3 Å². The van der Waals surface area contributed by atoms with Crippen molar-refractivity contribution in [3.05, 3.63) is 29.8 Å². The van der Waals surface area contributed by atoms with Gasteiger partial charge in [0, 0.05) is 18.7 Å². The number of hydrogen-bond donors (Lipinski definition) is 1. The van der Waals surface area contributed by atoms with Crippen LogP contribution in [0.25, 0.3) is 0 Å². The van der Waals surface area contributed by atoms with Gasteiger partial charge in [-0.15, -0.1) is 0 Å². The summed E-state index contributed by atoms with van der Waals surface area (Å²) in [5, 5.41) is 0. The van der Waals surface area contributed by atoms with Crippen molar-refractivity contribution in [1.82, 2.24) is 0 Å². The summed E-state index contributed by atoms with van der Waals surface area (Å²) in [6, 6.07) is 6.26. The summed E-state index contributed by atoms with van der Waals surface area (Å²) in [5.74, 6) is 0.139. The lowest BCUT2D eigenvalue weighted by Gasteiger charge is -2.25. The van der Waals surface area contributed by atoms with Gasteiger partial charge in [-0.3, -0.25) is 0 Å². The molecule has 108 valence electrons. The molecule has 2 N–H and O–H groups in total. The number of benzene rings is 1. The Kier molecular flexibility index (Phi) is 5.69. The summed E-state index contributed by atoms with van der Waals surface area (Å²) < 4.78 is 34.4. The van der Waals surface area contributed by atoms with Crippen molar-refractivity contribution in [2.75, 3.05) is 7.11 Å². The van der Waals surface area contributed by atoms with Gasteiger partial charge < -0.3 is 15.2 Å². The highest BCUT2D eigenvalue weighted by Crippen LogP contribution is 2.29. The van der Waals surface area contributed by atoms with Crippen LogP contribution in [0.4, 0.5) is 8.78 Å². The number of alkyl halides is 2. The molecule has 1 unspecified atom stereocenters. The van der Waals surface area contributed by atoms with Gasteiger partial charge in [-0.2, -0.15) is 8.78 Å². The van der Waals surface area contributed by atoms with Crippen LogP contribution in [0.15, 0.2) is 24.3 Å². The molecule has 1 atom stereocenters. The highest BCUT2D eigenvalue weighted by atomic mass is 19.3. The summed E-state index contributed by atoms with van der Waals surface area (Å²) >= 11 is 0. The maximum Gasteiger partial charge on any atom is 0.387 e. The minimum atomic E-state index is -2.84. The van der Waals surface area contributed by atoms with Gasteiger partial charge in [0.05, 0.1) is 5.60 Å². The molecule has 0 heterocycles. The third kappa shape index (κ3) is 5.12. The second-order valence-corrected chi connectivity index (χ2v) is 5.03. The maximum atomic E-state index is 12.3. The van der Waals surface area contributed by atoms with Crippen molar-refractivity contribution in [2.45, 2.75) is 44.9 Å². The lowest BCUT2D eigenvalue weighted by molar-refractivity contribution is -0.0507. The molecule has 0 aliphatic rings. The average Bonchev–Trinajstić information content (AvgIpc) is 2.36. The van der Waals surface area contributed by atoms with Gasteiger partial charge in [0.1, 0.15) is 5.75 Å².